The minimum Gasteiger partial charge on any atom is -0.417 e. The fourth-order valence-corrected chi connectivity index (χ4v) is 2.81. The first-order valence-electron chi connectivity index (χ1n) is 12.6. The highest BCUT2D eigenvalue weighted by atomic mass is 16.6. The quantitative estimate of drug-likeness (QED) is 0.0873. The van der Waals surface area contributed by atoms with E-state index in [-0.39, 0.29) is 17.6 Å². The third-order valence-corrected chi connectivity index (χ3v) is 4.60. The first-order valence-corrected chi connectivity index (χ1v) is 12.6. The molecule has 0 bridgehead atoms. The summed E-state index contributed by atoms with van der Waals surface area (Å²) in [6.45, 7) is 5.11. The molecule has 1 aliphatic carbocycles. The van der Waals surface area contributed by atoms with Crippen LogP contribution >= 0.6 is 0 Å². The minimum absolute atomic E-state index is 0.00739. The summed E-state index contributed by atoms with van der Waals surface area (Å²) in [6, 6.07) is 0. The van der Waals surface area contributed by atoms with Crippen molar-refractivity contribution in [1.29, 1.82) is 0 Å². The lowest BCUT2D eigenvalue weighted by atomic mass is 10.0. The lowest BCUT2D eigenvalue weighted by Gasteiger charge is -2.30. The van der Waals surface area contributed by atoms with Crippen molar-refractivity contribution < 1.29 is 23.9 Å². The lowest BCUT2D eigenvalue weighted by molar-refractivity contribution is -0.164. The van der Waals surface area contributed by atoms with Gasteiger partial charge in [0.05, 0.1) is 12.2 Å². The number of hydrogen-bond donors (Lipinski definition) is 2. The number of hydrogen-bond acceptors (Lipinski definition) is 5. The van der Waals surface area contributed by atoms with Crippen molar-refractivity contribution in [3.63, 3.8) is 0 Å². The van der Waals surface area contributed by atoms with Gasteiger partial charge in [0.15, 0.2) is 0 Å². The molecular formula is C34H32N2O5. The van der Waals surface area contributed by atoms with Crippen molar-refractivity contribution in [2.75, 3.05) is 0 Å². The monoisotopic (exact) mass is 548 g/mol. The maximum atomic E-state index is 12.8. The molecule has 0 fully saturated rings. The highest BCUT2D eigenvalue weighted by Gasteiger charge is 2.33. The van der Waals surface area contributed by atoms with E-state index in [2.05, 4.69) is 33.6 Å². The van der Waals surface area contributed by atoms with Gasteiger partial charge in [-0.1, -0.05) is 108 Å². The molecule has 0 aromatic heterocycles. The van der Waals surface area contributed by atoms with E-state index in [4.69, 9.17) is 4.74 Å². The van der Waals surface area contributed by atoms with Crippen molar-refractivity contribution in [1.82, 2.24) is 10.6 Å². The molecule has 7 heteroatoms. The fourth-order valence-electron chi connectivity index (χ4n) is 2.81. The average Bonchev–Trinajstić information content (AvgIpc) is 2.95. The molecule has 0 spiro atoms. The maximum Gasteiger partial charge on any atom is 0.337 e. The summed E-state index contributed by atoms with van der Waals surface area (Å²) in [5.41, 5.74) is 10.9. The molecule has 2 amide bonds. The number of esters is 1. The Morgan fingerprint density at radius 2 is 1.27 bits per heavy atom. The first-order chi connectivity index (χ1) is 19.8. The van der Waals surface area contributed by atoms with Gasteiger partial charge in [0.1, 0.15) is 5.94 Å². The highest BCUT2D eigenvalue weighted by Crippen LogP contribution is 2.19. The molecule has 2 N–H and O–H groups in total. The third kappa shape index (κ3) is 16.1. The summed E-state index contributed by atoms with van der Waals surface area (Å²) in [6.07, 6.45) is 31.5. The largest absolute Gasteiger partial charge is 0.417 e. The summed E-state index contributed by atoms with van der Waals surface area (Å²) < 4.78 is 5.45. The number of rotatable bonds is 12. The normalized spacial score (nSPS) is 14.1. The zero-order valence-corrected chi connectivity index (χ0v) is 23.2. The Morgan fingerprint density at radius 3 is 1.76 bits per heavy atom. The number of allylic oxidation sites excluding steroid dienone is 18. The number of nitrogens with one attached hydrogen (secondary N) is 2. The molecule has 208 valence electrons. The van der Waals surface area contributed by atoms with Crippen LogP contribution in [0.2, 0.25) is 0 Å². The molecule has 0 radical (unpaired) electrons. The van der Waals surface area contributed by atoms with Crippen LogP contribution in [0.4, 0.5) is 0 Å². The Bertz CT molecular complexity index is 1380. The fraction of sp³-hybridized carbons (Fsp3) is 0.147. The number of carbonyl (C=O) groups excluding carboxylic acids is 4. The molecule has 0 atom stereocenters. The van der Waals surface area contributed by atoms with Crippen LogP contribution in [0.25, 0.3) is 0 Å². The smallest absolute Gasteiger partial charge is 0.337 e. The van der Waals surface area contributed by atoms with E-state index in [1.165, 1.54) is 25.2 Å². The van der Waals surface area contributed by atoms with Crippen LogP contribution in [-0.4, -0.2) is 29.6 Å². The maximum absolute atomic E-state index is 12.8. The SMILES string of the molecule is CC=CC=CC=CC=C=C=CC(=O)NC(C)(NC(=O)C=C=C=CC=CC=CC=CC)OC(=O)C1=CC=CC(=C=O)C1. The summed E-state index contributed by atoms with van der Waals surface area (Å²) in [7, 11) is 0. The Morgan fingerprint density at radius 1 is 0.780 bits per heavy atom. The molecule has 41 heavy (non-hydrogen) atoms. The molecule has 0 aromatic rings. The predicted molar refractivity (Wildman–Crippen MR) is 160 cm³/mol. The van der Waals surface area contributed by atoms with Gasteiger partial charge in [0, 0.05) is 24.5 Å². The van der Waals surface area contributed by atoms with Crippen LogP contribution in [0.3, 0.4) is 0 Å². The van der Waals surface area contributed by atoms with Gasteiger partial charge >= 0.3 is 5.97 Å². The molecule has 0 aliphatic heterocycles. The van der Waals surface area contributed by atoms with E-state index < -0.39 is 23.6 Å². The number of carbonyl (C=O) groups is 3. The third-order valence-electron chi connectivity index (χ3n) is 4.60. The van der Waals surface area contributed by atoms with E-state index in [1.54, 1.807) is 42.4 Å². The van der Waals surface area contributed by atoms with Gasteiger partial charge in [0.2, 0.25) is 0 Å². The van der Waals surface area contributed by atoms with Crippen molar-refractivity contribution >= 4 is 23.7 Å². The van der Waals surface area contributed by atoms with Gasteiger partial charge in [-0.05, 0) is 32.1 Å². The highest BCUT2D eigenvalue weighted by molar-refractivity contribution is 5.93. The van der Waals surface area contributed by atoms with Crippen molar-refractivity contribution in [2.45, 2.75) is 33.0 Å². The molecule has 0 saturated carbocycles. The van der Waals surface area contributed by atoms with Gasteiger partial charge < -0.3 is 4.74 Å². The van der Waals surface area contributed by atoms with Gasteiger partial charge in [-0.15, -0.1) is 0 Å². The Kier molecular flexibility index (Phi) is 16.6. The van der Waals surface area contributed by atoms with Gasteiger partial charge in [-0.2, -0.15) is 0 Å². The van der Waals surface area contributed by atoms with Crippen molar-refractivity contribution in [3.8, 4) is 0 Å². The molecule has 0 saturated heterocycles. The van der Waals surface area contributed by atoms with Crippen LogP contribution in [0.5, 0.6) is 0 Å². The van der Waals surface area contributed by atoms with E-state index >= 15 is 0 Å². The Labute approximate surface area is 240 Å². The van der Waals surface area contributed by atoms with E-state index in [9.17, 15) is 19.2 Å². The molecule has 1 rings (SSSR count). The van der Waals surface area contributed by atoms with Gasteiger partial charge in [-0.3, -0.25) is 20.2 Å². The zero-order valence-electron chi connectivity index (χ0n) is 23.2. The summed E-state index contributed by atoms with van der Waals surface area (Å²) in [5, 5.41) is 4.85. The molecule has 1 aliphatic rings. The molecule has 0 aromatic carbocycles. The number of amides is 2. The van der Waals surface area contributed by atoms with Crippen LogP contribution in [0, 0.1) is 0 Å². The van der Waals surface area contributed by atoms with Gasteiger partial charge in [0.25, 0.3) is 17.7 Å². The second-order valence-electron chi connectivity index (χ2n) is 8.05. The van der Waals surface area contributed by atoms with Crippen LogP contribution in [0.1, 0.15) is 27.2 Å². The first kappa shape index (κ1) is 33.4. The minimum atomic E-state index is -1.96. The molecule has 0 unspecified atom stereocenters. The standard InChI is InChI=1S/C34H32N2O5/c1-4-6-8-10-12-14-16-18-20-25-31(38)35-34(3,41-33(40)30-24-22-23-29(27-30)28-37)36-32(39)26-21-19-17-15-13-11-9-7-5-2/h4-17,22-26H,27H2,1-3H3,(H,35,38)(H,36,39). The topological polar surface area (TPSA) is 102 Å². The van der Waals surface area contributed by atoms with Gasteiger partial charge in [-0.25, -0.2) is 9.59 Å². The van der Waals surface area contributed by atoms with Crippen LogP contribution < -0.4 is 10.6 Å². The Balaban J connectivity index is 3.07. The van der Waals surface area contributed by atoms with E-state index in [1.807, 2.05) is 62.5 Å². The number of ether oxygens (including phenoxy) is 1. The summed E-state index contributed by atoms with van der Waals surface area (Å²) >= 11 is 0. The molecular weight excluding hydrogens is 516 g/mol. The van der Waals surface area contributed by atoms with E-state index in [0.717, 1.165) is 12.2 Å². The van der Waals surface area contributed by atoms with Crippen molar-refractivity contribution in [3.05, 3.63) is 150 Å². The second kappa shape index (κ2) is 20.4. The lowest BCUT2D eigenvalue weighted by Crippen LogP contribution is -2.60. The summed E-state index contributed by atoms with van der Waals surface area (Å²) in [4.78, 5) is 48.8. The average molecular weight is 549 g/mol. The molecule has 0 heterocycles. The molecule has 7 nitrogen and oxygen atoms in total. The van der Waals surface area contributed by atoms with Crippen LogP contribution in [0.15, 0.2) is 150 Å². The van der Waals surface area contributed by atoms with Crippen molar-refractivity contribution in [2.24, 2.45) is 0 Å². The Hall–Kier alpha value is -5.62. The summed E-state index contributed by atoms with van der Waals surface area (Å²) in [5.74, 6) is -2.52. The van der Waals surface area contributed by atoms with E-state index in [0.29, 0.717) is 0 Å². The second-order valence-corrected chi connectivity index (χ2v) is 8.05. The van der Waals surface area contributed by atoms with Crippen LogP contribution in [-0.2, 0) is 23.9 Å². The predicted octanol–water partition coefficient (Wildman–Crippen LogP) is 5.19. The zero-order chi connectivity index (χ0) is 30.2.